The van der Waals surface area contributed by atoms with Crippen molar-refractivity contribution >= 4 is 62.3 Å². The zero-order valence-electron chi connectivity index (χ0n) is 21.8. The highest BCUT2D eigenvalue weighted by molar-refractivity contribution is 7.92. The van der Waals surface area contributed by atoms with Gasteiger partial charge in [0.1, 0.15) is 12.6 Å². The van der Waals surface area contributed by atoms with Crippen molar-refractivity contribution < 1.29 is 31.2 Å². The Hall–Kier alpha value is -2.21. The number of rotatable bonds is 10. The Morgan fingerprint density at radius 3 is 2.25 bits per heavy atom. The minimum absolute atomic E-state index is 0.0472. The second kappa shape index (κ2) is 13.2. The molecule has 7 nitrogen and oxygen atoms in total. The van der Waals surface area contributed by atoms with Crippen LogP contribution in [-0.4, -0.2) is 50.0 Å². The third kappa shape index (κ3) is 8.18. The molecule has 1 atom stereocenters. The molecule has 14 heteroatoms. The minimum Gasteiger partial charge on any atom is -0.352 e. The Morgan fingerprint density at radius 2 is 1.70 bits per heavy atom. The van der Waals surface area contributed by atoms with Gasteiger partial charge in [0.25, 0.3) is 0 Å². The highest BCUT2D eigenvalue weighted by Gasteiger charge is 2.36. The molecule has 1 aliphatic rings. The van der Waals surface area contributed by atoms with Crippen LogP contribution in [0.15, 0.2) is 36.4 Å². The molecule has 1 N–H and O–H groups in total. The zero-order chi connectivity index (χ0) is 29.8. The van der Waals surface area contributed by atoms with E-state index >= 15 is 0 Å². The Bertz CT molecular complexity index is 1350. The summed E-state index contributed by atoms with van der Waals surface area (Å²) < 4.78 is 66.3. The first-order valence-electron chi connectivity index (χ1n) is 12.5. The molecule has 0 radical (unpaired) electrons. The molecule has 1 aliphatic carbocycles. The van der Waals surface area contributed by atoms with Gasteiger partial charge in [-0.15, -0.1) is 0 Å². The molecule has 2 amide bonds. The van der Waals surface area contributed by atoms with Gasteiger partial charge in [0.15, 0.2) is 0 Å². The van der Waals surface area contributed by atoms with E-state index in [2.05, 4.69) is 5.32 Å². The minimum atomic E-state index is -4.78. The van der Waals surface area contributed by atoms with Crippen LogP contribution in [0.4, 0.5) is 18.9 Å². The highest BCUT2D eigenvalue weighted by Crippen LogP contribution is 2.36. The van der Waals surface area contributed by atoms with Crippen molar-refractivity contribution in [1.29, 1.82) is 0 Å². The van der Waals surface area contributed by atoms with Crippen molar-refractivity contribution in [3.05, 3.63) is 62.6 Å². The fourth-order valence-electron chi connectivity index (χ4n) is 4.60. The van der Waals surface area contributed by atoms with Crippen molar-refractivity contribution in [2.75, 3.05) is 17.1 Å². The molecule has 0 saturated heterocycles. The van der Waals surface area contributed by atoms with Gasteiger partial charge in [0.05, 0.1) is 22.5 Å². The SMILES string of the molecule is CC[C@@H](C(=O)NC1CCCC1)N(Cc1ccc(Cl)cc1Cl)C(=O)CN(c1cc(C(F)(F)F)ccc1Cl)S(C)(=O)=O. The Morgan fingerprint density at radius 1 is 1.05 bits per heavy atom. The lowest BCUT2D eigenvalue weighted by molar-refractivity contribution is -0.140. The van der Waals surface area contributed by atoms with Crippen LogP contribution in [0.2, 0.25) is 15.1 Å². The lowest BCUT2D eigenvalue weighted by atomic mass is 10.1. The lowest BCUT2D eigenvalue weighted by Crippen LogP contribution is -2.53. The Kier molecular flexibility index (Phi) is 10.6. The molecular weight excluding hydrogens is 614 g/mol. The number of benzene rings is 2. The Labute approximate surface area is 246 Å². The maximum atomic E-state index is 13.8. The first-order valence-corrected chi connectivity index (χ1v) is 15.5. The summed E-state index contributed by atoms with van der Waals surface area (Å²) in [7, 11) is -4.30. The molecule has 1 saturated carbocycles. The van der Waals surface area contributed by atoms with E-state index < -0.39 is 51.9 Å². The largest absolute Gasteiger partial charge is 0.416 e. The van der Waals surface area contributed by atoms with E-state index in [4.69, 9.17) is 34.8 Å². The molecule has 0 aromatic heterocycles. The smallest absolute Gasteiger partial charge is 0.352 e. The van der Waals surface area contributed by atoms with Crippen molar-refractivity contribution in [3.63, 3.8) is 0 Å². The number of carbonyl (C=O) groups is 2. The molecule has 0 aliphatic heterocycles. The number of nitrogens with zero attached hydrogens (tertiary/aromatic N) is 2. The second-order valence-corrected chi connectivity index (χ2v) is 12.8. The van der Waals surface area contributed by atoms with Gasteiger partial charge in [-0.3, -0.25) is 13.9 Å². The average Bonchev–Trinajstić information content (AvgIpc) is 3.35. The van der Waals surface area contributed by atoms with Crippen LogP contribution >= 0.6 is 34.8 Å². The van der Waals surface area contributed by atoms with Crippen molar-refractivity contribution in [2.45, 2.75) is 63.8 Å². The van der Waals surface area contributed by atoms with Gasteiger partial charge in [-0.1, -0.05) is 60.6 Å². The molecule has 0 unspecified atom stereocenters. The van der Waals surface area contributed by atoms with E-state index in [-0.39, 0.29) is 29.1 Å². The number of anilines is 1. The summed E-state index contributed by atoms with van der Waals surface area (Å²) in [6.45, 7) is 0.609. The van der Waals surface area contributed by atoms with Crippen molar-refractivity contribution in [2.24, 2.45) is 0 Å². The van der Waals surface area contributed by atoms with Crippen LogP contribution < -0.4 is 9.62 Å². The monoisotopic (exact) mass is 641 g/mol. The first kappa shape index (κ1) is 32.3. The van der Waals surface area contributed by atoms with E-state index in [1.54, 1.807) is 19.1 Å². The lowest BCUT2D eigenvalue weighted by Gasteiger charge is -2.34. The van der Waals surface area contributed by atoms with Crippen LogP contribution in [0.5, 0.6) is 0 Å². The molecule has 40 heavy (non-hydrogen) atoms. The Balaban J connectivity index is 2.02. The molecular formula is C26H29Cl3F3N3O4S. The van der Waals surface area contributed by atoms with Crippen LogP contribution in [-0.2, 0) is 32.3 Å². The number of alkyl halides is 3. The summed E-state index contributed by atoms with van der Waals surface area (Å²) in [5.41, 5.74) is -1.21. The average molecular weight is 643 g/mol. The molecule has 1 fully saturated rings. The summed E-state index contributed by atoms with van der Waals surface area (Å²) in [5, 5.41) is 3.22. The summed E-state index contributed by atoms with van der Waals surface area (Å²) in [4.78, 5) is 28.3. The van der Waals surface area contributed by atoms with E-state index in [0.717, 1.165) is 38.0 Å². The van der Waals surface area contributed by atoms with Crippen molar-refractivity contribution in [1.82, 2.24) is 10.2 Å². The van der Waals surface area contributed by atoms with Crippen LogP contribution in [0.3, 0.4) is 0 Å². The van der Waals surface area contributed by atoms with Gasteiger partial charge in [-0.05, 0) is 55.2 Å². The number of carbonyl (C=O) groups excluding carboxylic acids is 2. The molecule has 2 aromatic carbocycles. The van der Waals surface area contributed by atoms with E-state index in [1.807, 2.05) is 0 Å². The molecule has 0 heterocycles. The molecule has 220 valence electrons. The van der Waals surface area contributed by atoms with E-state index in [0.29, 0.717) is 27.0 Å². The topological polar surface area (TPSA) is 86.8 Å². The maximum absolute atomic E-state index is 13.8. The third-order valence-corrected chi connectivity index (χ3v) is 8.70. The van der Waals surface area contributed by atoms with Gasteiger partial charge in [-0.2, -0.15) is 13.2 Å². The summed E-state index contributed by atoms with van der Waals surface area (Å²) in [6.07, 6.45) is -0.322. The zero-order valence-corrected chi connectivity index (χ0v) is 24.9. The number of nitrogens with one attached hydrogen (secondary N) is 1. The standard InChI is InChI=1S/C26H29Cl3F3N3O4S/c1-3-22(25(37)33-19-6-4-5-7-19)34(14-16-8-10-18(27)13-21(16)29)24(36)15-35(40(2,38)39)23-12-17(26(30,31)32)9-11-20(23)28/h8-13,19,22H,3-7,14-15H2,1-2H3,(H,33,37)/t22-/m0/s1. The van der Waals surface area contributed by atoms with Crippen LogP contribution in [0, 0.1) is 0 Å². The second-order valence-electron chi connectivity index (χ2n) is 9.60. The van der Waals surface area contributed by atoms with Crippen molar-refractivity contribution in [3.8, 4) is 0 Å². The normalized spacial score (nSPS) is 15.1. The predicted molar refractivity (Wildman–Crippen MR) is 150 cm³/mol. The summed E-state index contributed by atoms with van der Waals surface area (Å²) in [6, 6.07) is 5.72. The number of amides is 2. The molecule has 0 bridgehead atoms. The van der Waals surface area contributed by atoms with E-state index in [9.17, 15) is 31.2 Å². The van der Waals surface area contributed by atoms with Gasteiger partial charge in [0, 0.05) is 22.6 Å². The molecule has 3 rings (SSSR count). The van der Waals surface area contributed by atoms with Crippen LogP contribution in [0.1, 0.15) is 50.2 Å². The quantitative estimate of drug-likeness (QED) is 0.330. The fraction of sp³-hybridized carbons (Fsp3) is 0.462. The number of sulfonamides is 1. The van der Waals surface area contributed by atoms with Gasteiger partial charge in [-0.25, -0.2) is 8.42 Å². The number of halogens is 6. The third-order valence-electron chi connectivity index (χ3n) is 6.66. The molecule has 0 spiro atoms. The molecule has 2 aromatic rings. The van der Waals surface area contributed by atoms with Gasteiger partial charge < -0.3 is 10.2 Å². The van der Waals surface area contributed by atoms with E-state index in [1.165, 1.54) is 11.0 Å². The maximum Gasteiger partial charge on any atom is 0.416 e. The first-order chi connectivity index (χ1) is 18.6. The van der Waals surface area contributed by atoms with Crippen LogP contribution in [0.25, 0.3) is 0 Å². The van der Waals surface area contributed by atoms with Gasteiger partial charge >= 0.3 is 6.18 Å². The highest BCUT2D eigenvalue weighted by atomic mass is 35.5. The predicted octanol–water partition coefficient (Wildman–Crippen LogP) is 6.30. The summed E-state index contributed by atoms with van der Waals surface area (Å²) in [5.74, 6) is -1.26. The number of hydrogen-bond donors (Lipinski definition) is 1. The fourth-order valence-corrected chi connectivity index (χ4v) is 6.19. The number of hydrogen-bond acceptors (Lipinski definition) is 4. The summed E-state index contributed by atoms with van der Waals surface area (Å²) >= 11 is 18.5. The van der Waals surface area contributed by atoms with Gasteiger partial charge in [0.2, 0.25) is 21.8 Å².